The van der Waals surface area contributed by atoms with E-state index in [2.05, 4.69) is 25.5 Å². The highest BCUT2D eigenvalue weighted by Gasteiger charge is 2.16. The Labute approximate surface area is 163 Å². The van der Waals surface area contributed by atoms with E-state index in [0.29, 0.717) is 12.4 Å². The van der Waals surface area contributed by atoms with Gasteiger partial charge in [-0.05, 0) is 37.1 Å². The lowest BCUT2D eigenvalue weighted by molar-refractivity contribution is 0.0697. The minimum Gasteiger partial charge on any atom is -0.478 e. The zero-order valence-electron chi connectivity index (χ0n) is 14.4. The number of rotatable bonds is 4. The SMILES string of the molecule is Cc1nnc2sc3c(NCc4ccc(C(=O)O)c(Cl)c4)ncnc3c2c1C. The summed E-state index contributed by atoms with van der Waals surface area (Å²) in [5, 5.41) is 22.0. The predicted molar refractivity (Wildman–Crippen MR) is 106 cm³/mol. The maximum Gasteiger partial charge on any atom is 0.337 e. The van der Waals surface area contributed by atoms with E-state index >= 15 is 0 Å². The van der Waals surface area contributed by atoms with E-state index in [1.165, 1.54) is 23.7 Å². The molecule has 136 valence electrons. The molecule has 4 rings (SSSR count). The number of aryl methyl sites for hydroxylation is 2. The van der Waals surface area contributed by atoms with Crippen molar-refractivity contribution in [1.82, 2.24) is 20.2 Å². The van der Waals surface area contributed by atoms with E-state index in [4.69, 9.17) is 16.7 Å². The first kappa shape index (κ1) is 17.6. The number of hydrogen-bond acceptors (Lipinski definition) is 7. The minimum atomic E-state index is -1.05. The Morgan fingerprint density at radius 3 is 2.81 bits per heavy atom. The van der Waals surface area contributed by atoms with Gasteiger partial charge in [-0.15, -0.1) is 16.4 Å². The summed E-state index contributed by atoms with van der Waals surface area (Å²) in [5.41, 5.74) is 3.72. The number of aromatic carboxylic acids is 1. The number of thiophene rings is 1. The van der Waals surface area contributed by atoms with Crippen LogP contribution >= 0.6 is 22.9 Å². The molecule has 3 heterocycles. The van der Waals surface area contributed by atoms with Gasteiger partial charge in [-0.25, -0.2) is 14.8 Å². The Morgan fingerprint density at radius 2 is 2.07 bits per heavy atom. The van der Waals surface area contributed by atoms with E-state index in [9.17, 15) is 4.79 Å². The molecule has 27 heavy (non-hydrogen) atoms. The summed E-state index contributed by atoms with van der Waals surface area (Å²) in [5.74, 6) is -0.354. The monoisotopic (exact) mass is 399 g/mol. The summed E-state index contributed by atoms with van der Waals surface area (Å²) in [6.07, 6.45) is 1.52. The number of fused-ring (bicyclic) bond motifs is 3. The minimum absolute atomic E-state index is 0.0822. The molecule has 2 N–H and O–H groups in total. The summed E-state index contributed by atoms with van der Waals surface area (Å²) in [7, 11) is 0. The fourth-order valence-corrected chi connectivity index (χ4v) is 4.22. The quantitative estimate of drug-likeness (QED) is 0.529. The molecule has 0 fully saturated rings. The third-order valence-corrected chi connectivity index (χ3v) is 5.77. The Balaban J connectivity index is 1.70. The van der Waals surface area contributed by atoms with Gasteiger partial charge in [-0.1, -0.05) is 17.7 Å². The van der Waals surface area contributed by atoms with Crippen LogP contribution in [0.15, 0.2) is 24.5 Å². The van der Waals surface area contributed by atoms with E-state index in [0.717, 1.165) is 37.3 Å². The molecule has 0 radical (unpaired) electrons. The number of anilines is 1. The lowest BCUT2D eigenvalue weighted by atomic mass is 10.1. The molecule has 0 aliphatic rings. The van der Waals surface area contributed by atoms with Crippen molar-refractivity contribution in [2.24, 2.45) is 0 Å². The van der Waals surface area contributed by atoms with Crippen molar-refractivity contribution in [3.63, 3.8) is 0 Å². The first-order chi connectivity index (χ1) is 13.0. The summed E-state index contributed by atoms with van der Waals surface area (Å²) in [6, 6.07) is 4.86. The number of aromatic nitrogens is 4. The summed E-state index contributed by atoms with van der Waals surface area (Å²) in [4.78, 5) is 20.7. The van der Waals surface area contributed by atoms with Gasteiger partial charge in [0.1, 0.15) is 17.0 Å². The van der Waals surface area contributed by atoms with Crippen LogP contribution in [-0.2, 0) is 6.54 Å². The molecule has 0 saturated heterocycles. The van der Waals surface area contributed by atoms with Crippen LogP contribution in [0.3, 0.4) is 0 Å². The highest BCUT2D eigenvalue weighted by atomic mass is 35.5. The number of benzene rings is 1. The molecular formula is C18H14ClN5O2S. The molecule has 0 atom stereocenters. The zero-order chi connectivity index (χ0) is 19.1. The molecule has 0 amide bonds. The van der Waals surface area contributed by atoms with E-state index in [-0.39, 0.29) is 10.6 Å². The maximum absolute atomic E-state index is 11.1. The number of nitrogens with one attached hydrogen (secondary N) is 1. The third-order valence-electron chi connectivity index (χ3n) is 4.39. The zero-order valence-corrected chi connectivity index (χ0v) is 16.0. The summed E-state index contributed by atoms with van der Waals surface area (Å²) < 4.78 is 0.906. The third kappa shape index (κ3) is 3.07. The van der Waals surface area contributed by atoms with Crippen molar-refractivity contribution < 1.29 is 9.90 Å². The number of hydrogen-bond donors (Lipinski definition) is 2. The average Bonchev–Trinajstić information content (AvgIpc) is 3.02. The smallest absolute Gasteiger partial charge is 0.337 e. The van der Waals surface area contributed by atoms with Crippen LogP contribution in [-0.4, -0.2) is 31.2 Å². The maximum atomic E-state index is 11.1. The fraction of sp³-hybridized carbons (Fsp3) is 0.167. The van der Waals surface area contributed by atoms with Gasteiger partial charge in [0.15, 0.2) is 0 Å². The molecule has 4 aromatic rings. The van der Waals surface area contributed by atoms with E-state index in [1.807, 2.05) is 13.8 Å². The van der Waals surface area contributed by atoms with Crippen molar-refractivity contribution in [3.8, 4) is 0 Å². The van der Waals surface area contributed by atoms with Crippen LogP contribution in [0.25, 0.3) is 20.4 Å². The van der Waals surface area contributed by atoms with Crippen LogP contribution in [0.2, 0.25) is 5.02 Å². The lowest BCUT2D eigenvalue weighted by Gasteiger charge is -2.08. The van der Waals surface area contributed by atoms with Crippen LogP contribution in [0, 0.1) is 13.8 Å². The van der Waals surface area contributed by atoms with Gasteiger partial charge in [-0.3, -0.25) is 0 Å². The van der Waals surface area contributed by atoms with Gasteiger partial charge >= 0.3 is 5.97 Å². The normalized spacial score (nSPS) is 11.2. The molecule has 3 aromatic heterocycles. The van der Waals surface area contributed by atoms with Crippen LogP contribution < -0.4 is 5.32 Å². The predicted octanol–water partition coefficient (Wildman–Crippen LogP) is 4.22. The second kappa shape index (κ2) is 6.71. The molecule has 0 saturated carbocycles. The highest BCUT2D eigenvalue weighted by molar-refractivity contribution is 7.25. The van der Waals surface area contributed by atoms with Crippen LogP contribution in [0.1, 0.15) is 27.2 Å². The van der Waals surface area contributed by atoms with Crippen molar-refractivity contribution >= 4 is 55.2 Å². The highest BCUT2D eigenvalue weighted by Crippen LogP contribution is 2.36. The van der Waals surface area contributed by atoms with E-state index in [1.54, 1.807) is 12.1 Å². The first-order valence-electron chi connectivity index (χ1n) is 8.08. The second-order valence-electron chi connectivity index (χ2n) is 6.07. The Hall–Kier alpha value is -2.84. The fourth-order valence-electron chi connectivity index (χ4n) is 2.84. The molecule has 0 unspecified atom stereocenters. The molecule has 0 spiro atoms. The Bertz CT molecular complexity index is 1210. The molecule has 0 aliphatic carbocycles. The largest absolute Gasteiger partial charge is 0.478 e. The number of carboxylic acids is 1. The molecule has 0 aliphatic heterocycles. The number of carbonyl (C=O) groups is 1. The number of halogens is 1. The standard InChI is InChI=1S/C18H14ClN5O2S/c1-8-9(2)23-24-17-13(8)14-15(27-17)16(22-7-21-14)20-6-10-3-4-11(18(25)26)12(19)5-10/h3-5,7H,6H2,1-2H3,(H,25,26)(H,20,21,22). The first-order valence-corrected chi connectivity index (χ1v) is 9.28. The van der Waals surface area contributed by atoms with Gasteiger partial charge in [0, 0.05) is 11.9 Å². The lowest BCUT2D eigenvalue weighted by Crippen LogP contribution is -2.03. The van der Waals surface area contributed by atoms with Crippen molar-refractivity contribution in [3.05, 3.63) is 51.9 Å². The summed E-state index contributed by atoms with van der Waals surface area (Å²) in [6.45, 7) is 4.39. The number of carboxylic acid groups (broad SMARTS) is 1. The average molecular weight is 400 g/mol. The molecule has 7 nitrogen and oxygen atoms in total. The van der Waals surface area contributed by atoms with Crippen molar-refractivity contribution in [1.29, 1.82) is 0 Å². The van der Waals surface area contributed by atoms with Gasteiger partial charge < -0.3 is 10.4 Å². The molecular weight excluding hydrogens is 386 g/mol. The van der Waals surface area contributed by atoms with Crippen LogP contribution in [0.4, 0.5) is 5.82 Å². The molecule has 0 bridgehead atoms. The van der Waals surface area contributed by atoms with Gasteiger partial charge in [0.05, 0.1) is 26.5 Å². The Kier molecular flexibility index (Phi) is 4.37. The van der Waals surface area contributed by atoms with Gasteiger partial charge in [0.2, 0.25) is 0 Å². The van der Waals surface area contributed by atoms with Gasteiger partial charge in [-0.2, -0.15) is 5.10 Å². The van der Waals surface area contributed by atoms with E-state index < -0.39 is 5.97 Å². The van der Waals surface area contributed by atoms with Crippen LogP contribution in [0.5, 0.6) is 0 Å². The molecule has 1 aromatic carbocycles. The Morgan fingerprint density at radius 1 is 1.26 bits per heavy atom. The summed E-state index contributed by atoms with van der Waals surface area (Å²) >= 11 is 7.53. The van der Waals surface area contributed by atoms with Gasteiger partial charge in [0.25, 0.3) is 0 Å². The topological polar surface area (TPSA) is 101 Å². The van der Waals surface area contributed by atoms with Crippen molar-refractivity contribution in [2.45, 2.75) is 20.4 Å². The molecule has 9 heteroatoms. The second-order valence-corrected chi connectivity index (χ2v) is 7.47. The van der Waals surface area contributed by atoms with Crippen molar-refractivity contribution in [2.75, 3.05) is 5.32 Å². The number of nitrogens with zero attached hydrogens (tertiary/aromatic N) is 4.